The number of para-hydroxylation sites is 1. The lowest BCUT2D eigenvalue weighted by molar-refractivity contribution is 0.333. The molecule has 0 bridgehead atoms. The second-order valence-corrected chi connectivity index (χ2v) is 6.00. The number of phenolic OH excluding ortho intramolecular Hbond substituents is 1. The first kappa shape index (κ1) is 17.6. The summed E-state index contributed by atoms with van der Waals surface area (Å²) < 4.78 is 0. The number of aromatic hydroxyl groups is 1. The lowest BCUT2D eigenvalue weighted by Crippen LogP contribution is -2.31. The van der Waals surface area contributed by atoms with Crippen molar-refractivity contribution in [1.29, 1.82) is 0 Å². The number of benzene rings is 1. The maximum absolute atomic E-state index is 9.96. The van der Waals surface area contributed by atoms with Crippen LogP contribution in [-0.2, 0) is 0 Å². The third kappa shape index (κ3) is 4.39. The first-order chi connectivity index (χ1) is 11.5. The Morgan fingerprint density at radius 3 is 2.71 bits per heavy atom. The summed E-state index contributed by atoms with van der Waals surface area (Å²) in [7, 11) is 0. The van der Waals surface area contributed by atoms with Gasteiger partial charge in [0.2, 0.25) is 0 Å². The lowest BCUT2D eigenvalue weighted by Gasteiger charge is -2.27. The second kappa shape index (κ2) is 8.21. The maximum atomic E-state index is 9.96. The smallest absolute Gasteiger partial charge is 0.124 e. The molecule has 1 aromatic rings. The van der Waals surface area contributed by atoms with Gasteiger partial charge in [-0.15, -0.1) is 5.92 Å². The minimum absolute atomic E-state index is 0.125. The molecule has 0 aromatic heterocycles. The molecule has 1 aliphatic heterocycles. The summed E-state index contributed by atoms with van der Waals surface area (Å²) in [6.07, 6.45) is 4.80. The van der Waals surface area contributed by atoms with Gasteiger partial charge < -0.3 is 27.2 Å². The molecule has 128 valence electrons. The average Bonchev–Trinajstić information content (AvgIpc) is 2.53. The molecule has 2 rings (SSSR count). The molecule has 0 saturated carbocycles. The van der Waals surface area contributed by atoms with Gasteiger partial charge in [-0.2, -0.15) is 0 Å². The molecule has 0 saturated heterocycles. The highest BCUT2D eigenvalue weighted by Crippen LogP contribution is 2.24. The van der Waals surface area contributed by atoms with E-state index in [0.29, 0.717) is 29.4 Å². The zero-order valence-electron chi connectivity index (χ0n) is 14.1. The number of hydrogen-bond acceptors (Lipinski definition) is 5. The minimum Gasteiger partial charge on any atom is -0.507 e. The summed E-state index contributed by atoms with van der Waals surface area (Å²) in [5.41, 5.74) is 19.6. The molecule has 0 spiro atoms. The van der Waals surface area contributed by atoms with Crippen LogP contribution in [0, 0.1) is 17.8 Å². The van der Waals surface area contributed by atoms with E-state index in [1.165, 1.54) is 0 Å². The predicted molar refractivity (Wildman–Crippen MR) is 98.0 cm³/mol. The molecule has 7 N–H and O–H groups in total. The third-order valence-corrected chi connectivity index (χ3v) is 4.31. The van der Waals surface area contributed by atoms with Crippen LogP contribution in [0.2, 0.25) is 0 Å². The van der Waals surface area contributed by atoms with Crippen LogP contribution in [-0.4, -0.2) is 23.1 Å². The fourth-order valence-electron chi connectivity index (χ4n) is 2.74. The van der Waals surface area contributed by atoms with E-state index in [0.717, 1.165) is 25.8 Å². The Morgan fingerprint density at radius 1 is 1.29 bits per heavy atom. The van der Waals surface area contributed by atoms with Crippen molar-refractivity contribution in [1.82, 2.24) is 4.90 Å². The van der Waals surface area contributed by atoms with Gasteiger partial charge in [0, 0.05) is 24.2 Å². The van der Waals surface area contributed by atoms with Crippen LogP contribution in [0.4, 0.5) is 0 Å². The van der Waals surface area contributed by atoms with Gasteiger partial charge in [0.15, 0.2) is 0 Å². The van der Waals surface area contributed by atoms with Crippen molar-refractivity contribution >= 4 is 5.70 Å². The van der Waals surface area contributed by atoms with E-state index in [1.54, 1.807) is 24.3 Å². The molecule has 1 unspecified atom stereocenters. The van der Waals surface area contributed by atoms with Crippen LogP contribution in [0.15, 0.2) is 41.9 Å². The summed E-state index contributed by atoms with van der Waals surface area (Å²) in [6.45, 7) is 3.57. The standard InChI is InChI=1S/C19H26N4O/c1-2-14-7-5-6-11-23(12-10-14)17(19(21)22)13-16(20)15-8-3-4-9-18(15)24/h3-4,8-9,13-14,24H,2,7,10-12,20-22H2,1H3/b16-13-. The highest BCUT2D eigenvalue weighted by Gasteiger charge is 2.15. The SMILES string of the molecule is CCC1CC#CCN(C(/C=C(\N)c2ccccc2O)=C(N)N)CC1. The van der Waals surface area contributed by atoms with E-state index in [1.807, 2.05) is 6.07 Å². The topological polar surface area (TPSA) is 102 Å². The lowest BCUT2D eigenvalue weighted by atomic mass is 9.97. The Labute approximate surface area is 143 Å². The molecule has 1 aliphatic rings. The van der Waals surface area contributed by atoms with E-state index in [2.05, 4.69) is 23.7 Å². The predicted octanol–water partition coefficient (Wildman–Crippen LogP) is 1.90. The molecule has 0 radical (unpaired) electrons. The Balaban J connectivity index is 2.29. The monoisotopic (exact) mass is 326 g/mol. The van der Waals surface area contributed by atoms with Crippen LogP contribution >= 0.6 is 0 Å². The summed E-state index contributed by atoms with van der Waals surface area (Å²) in [4.78, 5) is 2.05. The van der Waals surface area contributed by atoms with E-state index in [9.17, 15) is 5.11 Å². The van der Waals surface area contributed by atoms with Crippen LogP contribution < -0.4 is 17.2 Å². The molecular weight excluding hydrogens is 300 g/mol. The molecule has 1 atom stereocenters. The summed E-state index contributed by atoms with van der Waals surface area (Å²) in [5, 5.41) is 9.96. The number of phenols is 1. The Bertz CT molecular complexity index is 693. The second-order valence-electron chi connectivity index (χ2n) is 6.00. The number of allylic oxidation sites excluding steroid dienone is 1. The number of rotatable bonds is 4. The summed E-state index contributed by atoms with van der Waals surface area (Å²) in [5.74, 6) is 7.30. The van der Waals surface area contributed by atoms with E-state index >= 15 is 0 Å². The van der Waals surface area contributed by atoms with Gasteiger partial charge in [-0.1, -0.05) is 31.4 Å². The zero-order chi connectivity index (χ0) is 17.5. The van der Waals surface area contributed by atoms with Crippen molar-refractivity contribution in [3.63, 3.8) is 0 Å². The molecule has 5 heteroatoms. The van der Waals surface area contributed by atoms with Gasteiger partial charge in [-0.25, -0.2) is 0 Å². The highest BCUT2D eigenvalue weighted by atomic mass is 16.3. The fourth-order valence-corrected chi connectivity index (χ4v) is 2.74. The van der Waals surface area contributed by atoms with Gasteiger partial charge in [0.1, 0.15) is 11.6 Å². The first-order valence-corrected chi connectivity index (χ1v) is 8.24. The Kier molecular flexibility index (Phi) is 6.02. The van der Waals surface area contributed by atoms with Crippen LogP contribution in [0.25, 0.3) is 5.70 Å². The normalized spacial score (nSPS) is 18.1. The number of nitrogens with zero attached hydrogens (tertiary/aromatic N) is 1. The molecule has 1 heterocycles. The van der Waals surface area contributed by atoms with E-state index in [-0.39, 0.29) is 11.6 Å². The molecule has 0 amide bonds. The highest BCUT2D eigenvalue weighted by molar-refractivity contribution is 5.69. The van der Waals surface area contributed by atoms with Crippen molar-refractivity contribution in [2.75, 3.05) is 13.1 Å². The van der Waals surface area contributed by atoms with Gasteiger partial charge in [-0.05, 0) is 30.5 Å². The molecule has 5 nitrogen and oxygen atoms in total. The molecule has 1 aromatic carbocycles. The fraction of sp³-hybridized carbons (Fsp3) is 0.368. The molecule has 0 aliphatic carbocycles. The van der Waals surface area contributed by atoms with E-state index < -0.39 is 0 Å². The molecular formula is C19H26N4O. The number of nitrogens with two attached hydrogens (primary N) is 3. The van der Waals surface area contributed by atoms with Crippen molar-refractivity contribution in [3.05, 3.63) is 47.4 Å². The first-order valence-electron chi connectivity index (χ1n) is 8.24. The number of hydrogen-bond donors (Lipinski definition) is 4. The summed E-state index contributed by atoms with van der Waals surface area (Å²) in [6, 6.07) is 6.92. The van der Waals surface area contributed by atoms with Crippen molar-refractivity contribution < 1.29 is 5.11 Å². The summed E-state index contributed by atoms with van der Waals surface area (Å²) >= 11 is 0. The van der Waals surface area contributed by atoms with Crippen molar-refractivity contribution in [2.24, 2.45) is 23.1 Å². The van der Waals surface area contributed by atoms with Gasteiger partial charge in [0.25, 0.3) is 0 Å². The van der Waals surface area contributed by atoms with Crippen molar-refractivity contribution in [3.8, 4) is 17.6 Å². The Hall–Kier alpha value is -2.74. The van der Waals surface area contributed by atoms with Crippen LogP contribution in [0.5, 0.6) is 5.75 Å². The van der Waals surface area contributed by atoms with Crippen LogP contribution in [0.1, 0.15) is 31.7 Å². The third-order valence-electron chi connectivity index (χ3n) is 4.31. The Morgan fingerprint density at radius 2 is 2.04 bits per heavy atom. The van der Waals surface area contributed by atoms with Crippen molar-refractivity contribution in [2.45, 2.75) is 26.2 Å². The minimum atomic E-state index is 0.125. The van der Waals surface area contributed by atoms with Crippen LogP contribution in [0.3, 0.4) is 0 Å². The van der Waals surface area contributed by atoms with Gasteiger partial charge >= 0.3 is 0 Å². The largest absolute Gasteiger partial charge is 0.507 e. The quantitative estimate of drug-likeness (QED) is 0.500. The van der Waals surface area contributed by atoms with E-state index in [4.69, 9.17) is 17.2 Å². The average molecular weight is 326 g/mol. The zero-order valence-corrected chi connectivity index (χ0v) is 14.1. The van der Waals surface area contributed by atoms with Gasteiger partial charge in [0.05, 0.1) is 12.2 Å². The molecule has 24 heavy (non-hydrogen) atoms. The maximum Gasteiger partial charge on any atom is 0.124 e. The molecule has 0 fully saturated rings. The van der Waals surface area contributed by atoms with Gasteiger partial charge in [-0.3, -0.25) is 0 Å².